The van der Waals surface area contributed by atoms with Crippen molar-refractivity contribution in [3.05, 3.63) is 50.2 Å². The van der Waals surface area contributed by atoms with Gasteiger partial charge in [-0.05, 0) is 60.5 Å². The van der Waals surface area contributed by atoms with Crippen LogP contribution in [0.5, 0.6) is 0 Å². The first kappa shape index (κ1) is 15.3. The molecule has 3 nitrogen and oxygen atoms in total. The summed E-state index contributed by atoms with van der Waals surface area (Å²) >= 11 is 9.52. The second kappa shape index (κ2) is 6.10. The van der Waals surface area contributed by atoms with Crippen molar-refractivity contribution < 1.29 is 4.79 Å². The lowest BCUT2D eigenvalue weighted by molar-refractivity contribution is 0.0990. The highest BCUT2D eigenvalue weighted by molar-refractivity contribution is 9.10. The van der Waals surface area contributed by atoms with Gasteiger partial charge in [0.2, 0.25) is 0 Å². The number of carbonyl (C=O) groups excluding carboxylic acids is 1. The number of carbonyl (C=O) groups is 1. The molecule has 0 unspecified atom stereocenters. The Labute approximate surface area is 132 Å². The average Bonchev–Trinajstić information content (AvgIpc) is 2.65. The molecule has 0 saturated carbocycles. The summed E-state index contributed by atoms with van der Waals surface area (Å²) < 4.78 is 2.76. The number of rotatable bonds is 4. The molecule has 0 radical (unpaired) electrons. The molecule has 2 aromatic rings. The van der Waals surface area contributed by atoms with Crippen molar-refractivity contribution in [1.29, 1.82) is 0 Å². The minimum Gasteiger partial charge on any atom is -0.294 e. The smallest absolute Gasteiger partial charge is 0.168 e. The maximum atomic E-state index is 12.4. The van der Waals surface area contributed by atoms with Crippen LogP contribution in [-0.2, 0) is 13.0 Å². The molecule has 106 valence electrons. The largest absolute Gasteiger partial charge is 0.294 e. The normalized spacial score (nSPS) is 10.8. The first-order valence-corrected chi connectivity index (χ1v) is 7.61. The van der Waals surface area contributed by atoms with Crippen LogP contribution in [0.1, 0.15) is 34.2 Å². The van der Waals surface area contributed by atoms with Crippen molar-refractivity contribution >= 4 is 33.3 Å². The van der Waals surface area contributed by atoms with Crippen LogP contribution in [0.15, 0.2) is 22.7 Å². The van der Waals surface area contributed by atoms with E-state index in [0.717, 1.165) is 28.0 Å². The first-order chi connectivity index (χ1) is 9.42. The maximum absolute atomic E-state index is 12.4. The summed E-state index contributed by atoms with van der Waals surface area (Å²) in [5, 5.41) is 4.99. The Hall–Kier alpha value is -1.13. The van der Waals surface area contributed by atoms with Gasteiger partial charge in [0.05, 0.1) is 22.3 Å². The van der Waals surface area contributed by atoms with E-state index in [-0.39, 0.29) is 5.78 Å². The molecule has 0 spiro atoms. The van der Waals surface area contributed by atoms with E-state index in [4.69, 9.17) is 11.6 Å². The Morgan fingerprint density at radius 3 is 2.65 bits per heavy atom. The van der Waals surface area contributed by atoms with Gasteiger partial charge < -0.3 is 0 Å². The van der Waals surface area contributed by atoms with Crippen LogP contribution in [0.4, 0.5) is 0 Å². The molecule has 2 rings (SSSR count). The van der Waals surface area contributed by atoms with Gasteiger partial charge in [-0.1, -0.05) is 11.6 Å². The van der Waals surface area contributed by atoms with E-state index in [2.05, 4.69) is 21.0 Å². The van der Waals surface area contributed by atoms with E-state index in [1.165, 1.54) is 0 Å². The average molecular weight is 356 g/mol. The zero-order valence-electron chi connectivity index (χ0n) is 11.7. The van der Waals surface area contributed by atoms with Gasteiger partial charge in [0.15, 0.2) is 5.78 Å². The number of aryl methyl sites for hydroxylation is 3. The lowest BCUT2D eigenvalue weighted by Crippen LogP contribution is -2.10. The molecule has 0 atom stereocenters. The van der Waals surface area contributed by atoms with E-state index in [1.807, 2.05) is 37.6 Å². The van der Waals surface area contributed by atoms with Gasteiger partial charge in [0, 0.05) is 17.1 Å². The second-order valence-electron chi connectivity index (χ2n) is 4.78. The van der Waals surface area contributed by atoms with Gasteiger partial charge in [0.1, 0.15) is 0 Å². The van der Waals surface area contributed by atoms with Crippen LogP contribution in [0.2, 0.25) is 5.02 Å². The Bertz CT molecular complexity index is 644. The van der Waals surface area contributed by atoms with Crippen LogP contribution in [-0.4, -0.2) is 15.6 Å². The summed E-state index contributed by atoms with van der Waals surface area (Å²) in [6.07, 6.45) is 0.315. The lowest BCUT2D eigenvalue weighted by atomic mass is 10.0. The molecule has 0 aliphatic rings. The molecule has 0 bridgehead atoms. The van der Waals surface area contributed by atoms with Crippen molar-refractivity contribution in [3.63, 3.8) is 0 Å². The fraction of sp³-hybridized carbons (Fsp3) is 0.333. The third-order valence-electron chi connectivity index (χ3n) is 3.14. The molecular weight excluding hydrogens is 340 g/mol. The lowest BCUT2D eigenvalue weighted by Gasteiger charge is -2.06. The van der Waals surface area contributed by atoms with Crippen LogP contribution < -0.4 is 0 Å². The summed E-state index contributed by atoms with van der Waals surface area (Å²) in [5.41, 5.74) is 3.44. The molecule has 0 N–H and O–H groups in total. The second-order valence-corrected chi connectivity index (χ2v) is 6.01. The molecule has 0 aliphatic heterocycles. The van der Waals surface area contributed by atoms with Crippen LogP contribution in [0.3, 0.4) is 0 Å². The summed E-state index contributed by atoms with van der Waals surface area (Å²) in [6.45, 7) is 6.60. The van der Waals surface area contributed by atoms with Gasteiger partial charge in [-0.2, -0.15) is 5.10 Å². The van der Waals surface area contributed by atoms with E-state index in [0.29, 0.717) is 17.0 Å². The van der Waals surface area contributed by atoms with E-state index >= 15 is 0 Å². The number of ketones is 1. The number of hydrogen-bond acceptors (Lipinski definition) is 2. The van der Waals surface area contributed by atoms with Gasteiger partial charge in [-0.15, -0.1) is 0 Å². The van der Waals surface area contributed by atoms with Gasteiger partial charge >= 0.3 is 0 Å². The van der Waals surface area contributed by atoms with E-state index in [9.17, 15) is 4.79 Å². The number of benzene rings is 1. The monoisotopic (exact) mass is 354 g/mol. The zero-order chi connectivity index (χ0) is 14.9. The quantitative estimate of drug-likeness (QED) is 0.764. The topological polar surface area (TPSA) is 34.9 Å². The fourth-order valence-electron chi connectivity index (χ4n) is 2.19. The van der Waals surface area contributed by atoms with Crippen LogP contribution >= 0.6 is 27.5 Å². The van der Waals surface area contributed by atoms with Crippen molar-refractivity contribution in [1.82, 2.24) is 9.78 Å². The molecule has 0 saturated heterocycles. The highest BCUT2D eigenvalue weighted by atomic mass is 79.9. The standard InChI is InChI=1S/C15H16BrClN2O/c1-4-19-13(15(16)10(3)18-19)8-14(20)11-5-9(2)6-12(17)7-11/h5-7H,4,8H2,1-3H3. The number of halogens is 2. The van der Waals surface area contributed by atoms with Gasteiger partial charge in [-0.25, -0.2) is 0 Å². The highest BCUT2D eigenvalue weighted by Gasteiger charge is 2.17. The van der Waals surface area contributed by atoms with Gasteiger partial charge in [-0.3, -0.25) is 9.48 Å². The Kier molecular flexibility index (Phi) is 4.66. The Morgan fingerprint density at radius 2 is 2.05 bits per heavy atom. The summed E-state index contributed by atoms with van der Waals surface area (Å²) in [6, 6.07) is 5.42. The molecule has 0 amide bonds. The number of hydrogen-bond donors (Lipinski definition) is 0. The molecular formula is C15H16BrClN2O. The first-order valence-electron chi connectivity index (χ1n) is 6.44. The Morgan fingerprint density at radius 1 is 1.35 bits per heavy atom. The molecule has 1 aromatic carbocycles. The minimum absolute atomic E-state index is 0.0471. The SMILES string of the molecule is CCn1nc(C)c(Br)c1CC(=O)c1cc(C)cc(Cl)c1. The molecule has 20 heavy (non-hydrogen) atoms. The van der Waals surface area contributed by atoms with Gasteiger partial charge in [0.25, 0.3) is 0 Å². The van der Waals surface area contributed by atoms with Crippen molar-refractivity contribution in [2.45, 2.75) is 33.7 Å². The molecule has 0 fully saturated rings. The number of aromatic nitrogens is 2. The van der Waals surface area contributed by atoms with Crippen LogP contribution in [0.25, 0.3) is 0 Å². The molecule has 5 heteroatoms. The third-order valence-corrected chi connectivity index (χ3v) is 4.39. The fourth-order valence-corrected chi connectivity index (χ4v) is 2.90. The highest BCUT2D eigenvalue weighted by Crippen LogP contribution is 2.23. The predicted molar refractivity (Wildman–Crippen MR) is 84.6 cm³/mol. The number of nitrogens with zero attached hydrogens (tertiary/aromatic N) is 2. The molecule has 1 aromatic heterocycles. The van der Waals surface area contributed by atoms with E-state index in [1.54, 1.807) is 6.07 Å². The Balaban J connectivity index is 2.32. The zero-order valence-corrected chi connectivity index (χ0v) is 14.0. The summed E-state index contributed by atoms with van der Waals surface area (Å²) in [7, 11) is 0. The summed E-state index contributed by atoms with van der Waals surface area (Å²) in [5.74, 6) is 0.0471. The van der Waals surface area contributed by atoms with Crippen molar-refractivity contribution in [2.75, 3.05) is 0 Å². The molecule has 1 heterocycles. The maximum Gasteiger partial charge on any atom is 0.168 e. The van der Waals surface area contributed by atoms with E-state index < -0.39 is 0 Å². The predicted octanol–water partition coefficient (Wildman–Crippen LogP) is 4.36. The van der Waals surface area contributed by atoms with Crippen molar-refractivity contribution in [2.24, 2.45) is 0 Å². The summed E-state index contributed by atoms with van der Waals surface area (Å²) in [4.78, 5) is 12.4. The number of Topliss-reactive ketones (excluding diaryl/α,β-unsaturated/α-hetero) is 1. The molecule has 0 aliphatic carbocycles. The van der Waals surface area contributed by atoms with Crippen LogP contribution in [0, 0.1) is 13.8 Å². The minimum atomic E-state index is 0.0471. The van der Waals surface area contributed by atoms with Crippen molar-refractivity contribution in [3.8, 4) is 0 Å². The third kappa shape index (κ3) is 3.13.